The van der Waals surface area contributed by atoms with Gasteiger partial charge in [0.25, 0.3) is 11.6 Å². The zero-order valence-corrected chi connectivity index (χ0v) is 17.8. The molecule has 158 valence electrons. The van der Waals surface area contributed by atoms with E-state index in [0.29, 0.717) is 47.7 Å². The van der Waals surface area contributed by atoms with Crippen LogP contribution in [-0.2, 0) is 0 Å². The molecule has 0 atom stereocenters. The molecule has 10 heteroatoms. The van der Waals surface area contributed by atoms with Crippen LogP contribution in [0.1, 0.15) is 10.4 Å². The average molecular weight is 458 g/mol. The highest BCUT2D eigenvalue weighted by molar-refractivity contribution is 6.36. The van der Waals surface area contributed by atoms with Gasteiger partial charge in [-0.05, 0) is 36.4 Å². The van der Waals surface area contributed by atoms with Gasteiger partial charge in [0.2, 0.25) is 0 Å². The van der Waals surface area contributed by atoms with E-state index in [2.05, 4.69) is 10.2 Å². The van der Waals surface area contributed by atoms with E-state index in [9.17, 15) is 14.9 Å². The lowest BCUT2D eigenvalue weighted by molar-refractivity contribution is -0.385. The van der Waals surface area contributed by atoms with Gasteiger partial charge in [-0.25, -0.2) is 0 Å². The van der Waals surface area contributed by atoms with E-state index >= 15 is 0 Å². The van der Waals surface area contributed by atoms with Crippen molar-refractivity contribution in [3.63, 3.8) is 0 Å². The molecule has 0 radical (unpaired) electrons. The number of nitro groups is 1. The molecule has 1 aliphatic heterocycles. The summed E-state index contributed by atoms with van der Waals surface area (Å²) in [6.45, 7) is 1.94. The Bertz CT molecular complexity index is 1130. The standard InChI is InChI=1S/C21H17Cl2N5O3/c22-14-5-6-15(17(23)13-14)18-7-8-20(25-24-18)26-9-11-27(12-10-26)21(29)16-3-1-2-4-19(16)28(30)31/h1-8,13H,9-12H2. The third-order valence-corrected chi connectivity index (χ3v) is 5.63. The number of carbonyl (C=O) groups is 1. The topological polar surface area (TPSA) is 92.5 Å². The van der Waals surface area contributed by atoms with Crippen molar-refractivity contribution in [2.24, 2.45) is 0 Å². The maximum absolute atomic E-state index is 12.8. The summed E-state index contributed by atoms with van der Waals surface area (Å²) in [6.07, 6.45) is 0. The number of halogens is 2. The maximum Gasteiger partial charge on any atom is 0.282 e. The largest absolute Gasteiger partial charge is 0.352 e. The molecule has 8 nitrogen and oxygen atoms in total. The highest BCUT2D eigenvalue weighted by atomic mass is 35.5. The molecule has 1 aromatic heterocycles. The molecular weight excluding hydrogens is 441 g/mol. The Morgan fingerprint density at radius 1 is 0.968 bits per heavy atom. The predicted molar refractivity (Wildman–Crippen MR) is 119 cm³/mol. The summed E-state index contributed by atoms with van der Waals surface area (Å²) in [5.41, 5.74) is 1.29. The molecule has 3 aromatic rings. The number of benzene rings is 2. The van der Waals surface area contributed by atoms with Gasteiger partial charge < -0.3 is 9.80 Å². The summed E-state index contributed by atoms with van der Waals surface area (Å²) < 4.78 is 0. The summed E-state index contributed by atoms with van der Waals surface area (Å²) in [5.74, 6) is 0.345. The van der Waals surface area contributed by atoms with Crippen LogP contribution in [0.4, 0.5) is 11.5 Å². The minimum Gasteiger partial charge on any atom is -0.352 e. The Hall–Kier alpha value is -3.23. The number of rotatable bonds is 4. The third kappa shape index (κ3) is 4.45. The highest BCUT2D eigenvalue weighted by Gasteiger charge is 2.27. The van der Waals surface area contributed by atoms with Gasteiger partial charge in [0.05, 0.1) is 15.6 Å². The van der Waals surface area contributed by atoms with Crippen LogP contribution >= 0.6 is 23.2 Å². The fourth-order valence-corrected chi connectivity index (χ4v) is 3.96. The van der Waals surface area contributed by atoms with E-state index in [4.69, 9.17) is 23.2 Å². The molecule has 0 unspecified atom stereocenters. The first kappa shape index (κ1) is 21.0. The van der Waals surface area contributed by atoms with E-state index in [1.54, 1.807) is 35.2 Å². The predicted octanol–water partition coefficient (Wildman–Crippen LogP) is 4.32. The Morgan fingerprint density at radius 2 is 1.71 bits per heavy atom. The first-order valence-electron chi connectivity index (χ1n) is 9.51. The molecule has 1 amide bonds. The van der Waals surface area contributed by atoms with E-state index in [0.717, 1.165) is 5.56 Å². The van der Waals surface area contributed by atoms with Gasteiger partial charge in [0.15, 0.2) is 5.82 Å². The molecule has 2 heterocycles. The molecule has 0 bridgehead atoms. The number of aromatic nitrogens is 2. The van der Waals surface area contributed by atoms with Crippen molar-refractivity contribution in [1.29, 1.82) is 0 Å². The van der Waals surface area contributed by atoms with E-state index < -0.39 is 4.92 Å². The van der Waals surface area contributed by atoms with E-state index in [1.807, 2.05) is 17.0 Å². The summed E-state index contributed by atoms with van der Waals surface area (Å²) in [6, 6.07) is 14.9. The van der Waals surface area contributed by atoms with Crippen LogP contribution in [0.15, 0.2) is 54.6 Å². The molecule has 0 N–H and O–H groups in total. The number of hydrogen-bond donors (Lipinski definition) is 0. The molecule has 0 spiro atoms. The molecular formula is C21H17Cl2N5O3. The van der Waals surface area contributed by atoms with Crippen LogP contribution in [0.3, 0.4) is 0 Å². The first-order chi connectivity index (χ1) is 14.9. The number of anilines is 1. The second kappa shape index (κ2) is 8.87. The third-order valence-electron chi connectivity index (χ3n) is 5.08. The van der Waals surface area contributed by atoms with Gasteiger partial charge in [-0.1, -0.05) is 35.3 Å². The summed E-state index contributed by atoms with van der Waals surface area (Å²) in [7, 11) is 0. The Morgan fingerprint density at radius 3 is 2.35 bits per heavy atom. The Labute approximate surface area is 188 Å². The molecule has 2 aromatic carbocycles. The lowest BCUT2D eigenvalue weighted by Gasteiger charge is -2.35. The summed E-state index contributed by atoms with van der Waals surface area (Å²) in [5, 5.41) is 20.8. The minimum absolute atomic E-state index is 0.102. The summed E-state index contributed by atoms with van der Waals surface area (Å²) >= 11 is 12.2. The van der Waals surface area contributed by atoms with Crippen LogP contribution in [0.5, 0.6) is 0 Å². The van der Waals surface area contributed by atoms with Gasteiger partial charge in [-0.3, -0.25) is 14.9 Å². The monoisotopic (exact) mass is 457 g/mol. The molecule has 0 saturated carbocycles. The number of amides is 1. The van der Waals surface area contributed by atoms with Crippen molar-refractivity contribution in [2.45, 2.75) is 0 Å². The molecule has 31 heavy (non-hydrogen) atoms. The van der Waals surface area contributed by atoms with Crippen molar-refractivity contribution in [3.05, 3.63) is 80.3 Å². The Balaban J connectivity index is 1.43. The molecule has 1 fully saturated rings. The van der Waals surface area contributed by atoms with Crippen LogP contribution in [0, 0.1) is 10.1 Å². The lowest BCUT2D eigenvalue weighted by atomic mass is 10.1. The Kier molecular flexibility index (Phi) is 6.01. The van der Waals surface area contributed by atoms with Crippen LogP contribution < -0.4 is 4.90 Å². The number of piperazine rings is 1. The molecule has 0 aliphatic carbocycles. The second-order valence-electron chi connectivity index (χ2n) is 6.95. The first-order valence-corrected chi connectivity index (χ1v) is 10.3. The van der Waals surface area contributed by atoms with Gasteiger partial charge in [0, 0.05) is 42.8 Å². The van der Waals surface area contributed by atoms with Crippen molar-refractivity contribution < 1.29 is 9.72 Å². The highest BCUT2D eigenvalue weighted by Crippen LogP contribution is 2.29. The SMILES string of the molecule is O=C(c1ccccc1[N+](=O)[O-])N1CCN(c2ccc(-c3ccc(Cl)cc3Cl)nn2)CC1. The van der Waals surface area contributed by atoms with Gasteiger partial charge in [0.1, 0.15) is 5.56 Å². The van der Waals surface area contributed by atoms with Crippen molar-refractivity contribution >= 4 is 40.6 Å². The van der Waals surface area contributed by atoms with Gasteiger partial charge >= 0.3 is 0 Å². The lowest BCUT2D eigenvalue weighted by Crippen LogP contribution is -2.49. The quantitative estimate of drug-likeness (QED) is 0.427. The van der Waals surface area contributed by atoms with Gasteiger partial charge in [-0.15, -0.1) is 10.2 Å². The smallest absolute Gasteiger partial charge is 0.282 e. The zero-order chi connectivity index (χ0) is 22.0. The second-order valence-corrected chi connectivity index (χ2v) is 7.80. The molecule has 1 saturated heterocycles. The molecule has 4 rings (SSSR count). The normalized spacial score (nSPS) is 13.9. The van der Waals surface area contributed by atoms with Crippen LogP contribution in [0.25, 0.3) is 11.3 Å². The van der Waals surface area contributed by atoms with Crippen molar-refractivity contribution in [3.8, 4) is 11.3 Å². The fraction of sp³-hybridized carbons (Fsp3) is 0.190. The maximum atomic E-state index is 12.8. The van der Waals surface area contributed by atoms with Crippen LogP contribution in [-0.4, -0.2) is 52.1 Å². The summed E-state index contributed by atoms with van der Waals surface area (Å²) in [4.78, 5) is 27.1. The van der Waals surface area contributed by atoms with E-state index in [1.165, 1.54) is 12.1 Å². The van der Waals surface area contributed by atoms with E-state index in [-0.39, 0.29) is 17.2 Å². The number of nitrogens with zero attached hydrogens (tertiary/aromatic N) is 5. The average Bonchev–Trinajstić information content (AvgIpc) is 2.79. The molecule has 1 aliphatic rings. The number of para-hydroxylation sites is 1. The number of carbonyl (C=O) groups excluding carboxylic acids is 1. The van der Waals surface area contributed by atoms with Crippen molar-refractivity contribution in [2.75, 3.05) is 31.1 Å². The van der Waals surface area contributed by atoms with Crippen LogP contribution in [0.2, 0.25) is 10.0 Å². The van der Waals surface area contributed by atoms with Crippen molar-refractivity contribution in [1.82, 2.24) is 15.1 Å². The van der Waals surface area contributed by atoms with Gasteiger partial charge in [-0.2, -0.15) is 0 Å². The zero-order valence-electron chi connectivity index (χ0n) is 16.2. The fourth-order valence-electron chi connectivity index (χ4n) is 3.46. The number of nitro benzene ring substituents is 1. The number of hydrogen-bond acceptors (Lipinski definition) is 6. The minimum atomic E-state index is -0.534.